The molecule has 1 aromatic carbocycles. The Labute approximate surface area is 165 Å². The molecule has 1 fully saturated rings. The highest BCUT2D eigenvalue weighted by Crippen LogP contribution is 2.12. The van der Waals surface area contributed by atoms with Crippen LogP contribution in [0.4, 0.5) is 0 Å². The Kier molecular flexibility index (Phi) is 7.22. The van der Waals surface area contributed by atoms with Gasteiger partial charge in [0.1, 0.15) is 12.4 Å². The van der Waals surface area contributed by atoms with E-state index in [1.807, 2.05) is 47.4 Å². The molecule has 7 heteroatoms. The van der Waals surface area contributed by atoms with Crippen molar-refractivity contribution in [2.45, 2.75) is 13.1 Å². The third-order valence-electron chi connectivity index (χ3n) is 4.85. The summed E-state index contributed by atoms with van der Waals surface area (Å²) in [4.78, 5) is 30.6. The number of piperazine rings is 1. The molecule has 1 aromatic heterocycles. The van der Waals surface area contributed by atoms with Gasteiger partial charge in [0.05, 0.1) is 19.4 Å². The average molecular weight is 385 g/mol. The first kappa shape index (κ1) is 20.1. The maximum atomic E-state index is 13.0. The molecule has 2 heterocycles. The predicted octanol–water partition coefficient (Wildman–Crippen LogP) is 1.60. The van der Waals surface area contributed by atoms with Crippen LogP contribution in [0.5, 0.6) is 0 Å². The van der Waals surface area contributed by atoms with Crippen molar-refractivity contribution in [1.29, 1.82) is 0 Å². The minimum atomic E-state index is -0.00278. The fourth-order valence-corrected chi connectivity index (χ4v) is 3.29. The van der Waals surface area contributed by atoms with Crippen molar-refractivity contribution in [3.63, 3.8) is 0 Å². The van der Waals surface area contributed by atoms with Gasteiger partial charge in [0.25, 0.3) is 0 Å². The molecule has 3 rings (SSSR count). The zero-order valence-electron chi connectivity index (χ0n) is 16.3. The van der Waals surface area contributed by atoms with E-state index >= 15 is 0 Å². The highest BCUT2D eigenvalue weighted by atomic mass is 16.5. The van der Waals surface area contributed by atoms with Crippen LogP contribution in [0.25, 0.3) is 0 Å². The van der Waals surface area contributed by atoms with E-state index in [9.17, 15) is 9.59 Å². The van der Waals surface area contributed by atoms with Gasteiger partial charge in [0.15, 0.2) is 0 Å². The first-order chi connectivity index (χ1) is 13.7. The third kappa shape index (κ3) is 5.68. The van der Waals surface area contributed by atoms with Crippen molar-refractivity contribution in [2.75, 3.05) is 46.4 Å². The molecule has 0 radical (unpaired) electrons. The zero-order valence-corrected chi connectivity index (χ0v) is 16.3. The van der Waals surface area contributed by atoms with E-state index in [4.69, 9.17) is 9.15 Å². The molecule has 2 aromatic rings. The van der Waals surface area contributed by atoms with Gasteiger partial charge in [-0.1, -0.05) is 30.3 Å². The van der Waals surface area contributed by atoms with Crippen molar-refractivity contribution in [1.82, 2.24) is 14.7 Å². The van der Waals surface area contributed by atoms with E-state index in [1.54, 1.807) is 11.2 Å². The van der Waals surface area contributed by atoms with Gasteiger partial charge in [-0.15, -0.1) is 0 Å². The number of carbonyl (C=O) groups excluding carboxylic acids is 2. The van der Waals surface area contributed by atoms with Gasteiger partial charge < -0.3 is 19.0 Å². The van der Waals surface area contributed by atoms with Crippen molar-refractivity contribution < 1.29 is 18.7 Å². The third-order valence-corrected chi connectivity index (χ3v) is 4.85. The number of nitrogens with zero attached hydrogens (tertiary/aromatic N) is 3. The van der Waals surface area contributed by atoms with Crippen molar-refractivity contribution in [3.05, 3.63) is 60.1 Å². The van der Waals surface area contributed by atoms with Crippen molar-refractivity contribution >= 4 is 11.8 Å². The highest BCUT2D eigenvalue weighted by molar-refractivity contribution is 5.79. The van der Waals surface area contributed by atoms with E-state index in [2.05, 4.69) is 4.90 Å². The topological polar surface area (TPSA) is 66.2 Å². The summed E-state index contributed by atoms with van der Waals surface area (Å²) in [5, 5.41) is 0. The van der Waals surface area contributed by atoms with Crippen LogP contribution in [0.3, 0.4) is 0 Å². The monoisotopic (exact) mass is 385 g/mol. The lowest BCUT2D eigenvalue weighted by atomic mass is 10.2. The fraction of sp³-hybridized carbons (Fsp3) is 0.429. The number of furan rings is 1. The van der Waals surface area contributed by atoms with Crippen LogP contribution >= 0.6 is 0 Å². The number of methoxy groups -OCH3 is 1. The van der Waals surface area contributed by atoms with Gasteiger partial charge in [-0.05, 0) is 17.7 Å². The summed E-state index contributed by atoms with van der Waals surface area (Å²) >= 11 is 0. The molecular formula is C21H27N3O4. The summed E-state index contributed by atoms with van der Waals surface area (Å²) in [5.74, 6) is 0.813. The summed E-state index contributed by atoms with van der Waals surface area (Å²) in [6, 6.07) is 13.7. The number of hydrogen-bond donors (Lipinski definition) is 0. The van der Waals surface area contributed by atoms with Crippen LogP contribution in [-0.2, 0) is 27.4 Å². The summed E-state index contributed by atoms with van der Waals surface area (Å²) in [6.07, 6.45) is 1.62. The number of carbonyl (C=O) groups is 2. The Morgan fingerprint density at radius 1 is 1.04 bits per heavy atom. The number of ether oxygens (including phenoxy) is 1. The summed E-state index contributed by atoms with van der Waals surface area (Å²) in [6.45, 7) is 4.01. The first-order valence-corrected chi connectivity index (χ1v) is 9.49. The van der Waals surface area contributed by atoms with E-state index in [1.165, 1.54) is 7.11 Å². The molecule has 28 heavy (non-hydrogen) atoms. The Balaban J connectivity index is 1.57. The van der Waals surface area contributed by atoms with Crippen LogP contribution < -0.4 is 0 Å². The Bertz CT molecular complexity index is 740. The minimum absolute atomic E-state index is 0.00278. The Morgan fingerprint density at radius 3 is 2.43 bits per heavy atom. The molecule has 1 saturated heterocycles. The molecule has 7 nitrogen and oxygen atoms in total. The molecule has 1 aliphatic rings. The second-order valence-corrected chi connectivity index (χ2v) is 6.90. The lowest BCUT2D eigenvalue weighted by molar-refractivity contribution is -0.138. The molecule has 0 bridgehead atoms. The second-order valence-electron chi connectivity index (χ2n) is 6.90. The quantitative estimate of drug-likeness (QED) is 0.691. The summed E-state index contributed by atoms with van der Waals surface area (Å²) < 4.78 is 10.4. The maximum Gasteiger partial charge on any atom is 0.248 e. The Morgan fingerprint density at radius 2 is 1.79 bits per heavy atom. The average Bonchev–Trinajstić information content (AvgIpc) is 3.22. The highest BCUT2D eigenvalue weighted by Gasteiger charge is 2.24. The molecule has 0 saturated carbocycles. The molecule has 0 unspecified atom stereocenters. The molecule has 0 spiro atoms. The molecule has 0 atom stereocenters. The SMILES string of the molecule is COCC(=O)N1CCN(CC(=O)N(Cc2ccccc2)Cc2ccco2)CC1. The maximum absolute atomic E-state index is 13.0. The predicted molar refractivity (Wildman–Crippen MR) is 104 cm³/mol. The normalized spacial score (nSPS) is 14.8. The van der Waals surface area contributed by atoms with Gasteiger partial charge >= 0.3 is 0 Å². The van der Waals surface area contributed by atoms with E-state index in [-0.39, 0.29) is 18.4 Å². The smallest absolute Gasteiger partial charge is 0.248 e. The number of amides is 2. The van der Waals surface area contributed by atoms with Crippen LogP contribution in [0.1, 0.15) is 11.3 Å². The fourth-order valence-electron chi connectivity index (χ4n) is 3.29. The molecule has 150 valence electrons. The zero-order chi connectivity index (χ0) is 19.8. The minimum Gasteiger partial charge on any atom is -0.467 e. The first-order valence-electron chi connectivity index (χ1n) is 9.49. The van der Waals surface area contributed by atoms with E-state index in [0.717, 1.165) is 11.3 Å². The second kappa shape index (κ2) is 10.1. The van der Waals surface area contributed by atoms with Crippen LogP contribution in [0.15, 0.2) is 53.1 Å². The van der Waals surface area contributed by atoms with Crippen LogP contribution in [0.2, 0.25) is 0 Å². The van der Waals surface area contributed by atoms with Gasteiger partial charge in [-0.3, -0.25) is 14.5 Å². The van der Waals surface area contributed by atoms with Crippen LogP contribution in [-0.4, -0.2) is 73.0 Å². The lowest BCUT2D eigenvalue weighted by Crippen LogP contribution is -2.52. The van der Waals surface area contributed by atoms with E-state index in [0.29, 0.717) is 45.8 Å². The lowest BCUT2D eigenvalue weighted by Gasteiger charge is -2.35. The number of hydrogen-bond acceptors (Lipinski definition) is 5. The van der Waals surface area contributed by atoms with Crippen molar-refractivity contribution in [3.8, 4) is 0 Å². The largest absolute Gasteiger partial charge is 0.467 e. The van der Waals surface area contributed by atoms with E-state index < -0.39 is 0 Å². The van der Waals surface area contributed by atoms with Crippen LogP contribution in [0, 0.1) is 0 Å². The number of benzene rings is 1. The molecular weight excluding hydrogens is 358 g/mol. The molecule has 2 amide bonds. The van der Waals surface area contributed by atoms with Gasteiger partial charge in [0, 0.05) is 39.8 Å². The van der Waals surface area contributed by atoms with Crippen molar-refractivity contribution in [2.24, 2.45) is 0 Å². The summed E-state index contributed by atoms with van der Waals surface area (Å²) in [5.41, 5.74) is 1.08. The molecule has 1 aliphatic heterocycles. The Hall–Kier alpha value is -2.64. The standard InChI is InChI=1S/C21H27N3O4/c1-27-17-21(26)23-11-9-22(10-12-23)16-20(25)24(15-19-8-5-13-28-19)14-18-6-3-2-4-7-18/h2-8,13H,9-12,14-17H2,1H3. The molecule has 0 N–H and O–H groups in total. The molecule has 0 aliphatic carbocycles. The van der Waals surface area contributed by atoms with Gasteiger partial charge in [0.2, 0.25) is 11.8 Å². The summed E-state index contributed by atoms with van der Waals surface area (Å²) in [7, 11) is 1.52. The van der Waals surface area contributed by atoms with Gasteiger partial charge in [-0.2, -0.15) is 0 Å². The van der Waals surface area contributed by atoms with Gasteiger partial charge in [-0.25, -0.2) is 0 Å². The number of rotatable bonds is 8.